The number of rotatable bonds is 5. The lowest BCUT2D eigenvalue weighted by Crippen LogP contribution is -2.38. The maximum Gasteiger partial charge on any atom is 0.321 e. The highest BCUT2D eigenvalue weighted by molar-refractivity contribution is 7.89. The number of likely N-dealkylation sites (tertiary alicyclic amines) is 1. The van der Waals surface area contributed by atoms with Crippen LogP contribution in [0.3, 0.4) is 0 Å². The zero-order valence-electron chi connectivity index (χ0n) is 15.4. The van der Waals surface area contributed by atoms with Gasteiger partial charge >= 0.3 is 12.0 Å². The van der Waals surface area contributed by atoms with E-state index in [-0.39, 0.29) is 29.4 Å². The highest BCUT2D eigenvalue weighted by Gasteiger charge is 2.55. The molecule has 2 aliphatic rings. The number of carbonyl (C=O) groups is 2. The second kappa shape index (κ2) is 7.12. The Balaban J connectivity index is 1.66. The molecule has 9 heteroatoms. The molecule has 1 aromatic carbocycles. The number of hydrogen-bond donors (Lipinski definition) is 3. The van der Waals surface area contributed by atoms with Gasteiger partial charge in [-0.05, 0) is 56.9 Å². The third kappa shape index (κ3) is 3.79. The minimum atomic E-state index is -3.59. The van der Waals surface area contributed by atoms with Gasteiger partial charge in [0.2, 0.25) is 10.0 Å². The Bertz CT molecular complexity index is 837. The van der Waals surface area contributed by atoms with Crippen LogP contribution in [0.25, 0.3) is 0 Å². The van der Waals surface area contributed by atoms with Crippen LogP contribution in [0.15, 0.2) is 29.2 Å². The monoisotopic (exact) mass is 395 g/mol. The van der Waals surface area contributed by atoms with Crippen molar-refractivity contribution < 1.29 is 23.1 Å². The summed E-state index contributed by atoms with van der Waals surface area (Å²) < 4.78 is 26.8. The van der Waals surface area contributed by atoms with Crippen LogP contribution < -0.4 is 10.0 Å². The molecule has 2 fully saturated rings. The second-order valence-electron chi connectivity index (χ2n) is 7.66. The van der Waals surface area contributed by atoms with E-state index < -0.39 is 21.4 Å². The van der Waals surface area contributed by atoms with E-state index in [9.17, 15) is 23.1 Å². The SMILES string of the molecule is CC(C)NS(=O)(=O)c1ccc(NC(=O)N2C[C@@H]3CCC[C@@]3(C(=O)O)C2)cc1. The molecule has 3 rings (SSSR count). The van der Waals surface area contributed by atoms with Crippen LogP contribution in [0.4, 0.5) is 10.5 Å². The van der Waals surface area contributed by atoms with E-state index in [4.69, 9.17) is 0 Å². The highest BCUT2D eigenvalue weighted by Crippen LogP contribution is 2.48. The number of sulfonamides is 1. The Labute approximate surface area is 159 Å². The first-order chi connectivity index (χ1) is 12.6. The van der Waals surface area contributed by atoms with Crippen LogP contribution >= 0.6 is 0 Å². The minimum absolute atomic E-state index is 0.00428. The molecular weight excluding hydrogens is 370 g/mol. The molecule has 0 spiro atoms. The van der Waals surface area contributed by atoms with Crippen molar-refractivity contribution in [3.63, 3.8) is 0 Å². The summed E-state index contributed by atoms with van der Waals surface area (Å²) in [6, 6.07) is 5.33. The van der Waals surface area contributed by atoms with Gasteiger partial charge in [-0.3, -0.25) is 4.79 Å². The van der Waals surface area contributed by atoms with Crippen LogP contribution in [0, 0.1) is 11.3 Å². The van der Waals surface area contributed by atoms with Gasteiger partial charge in [-0.15, -0.1) is 0 Å². The first-order valence-corrected chi connectivity index (χ1v) is 10.5. The first-order valence-electron chi connectivity index (χ1n) is 9.06. The fourth-order valence-corrected chi connectivity index (χ4v) is 5.34. The number of urea groups is 1. The average Bonchev–Trinajstić information content (AvgIpc) is 3.12. The van der Waals surface area contributed by atoms with E-state index in [1.807, 2.05) is 0 Å². The van der Waals surface area contributed by atoms with Gasteiger partial charge in [0, 0.05) is 24.8 Å². The summed E-state index contributed by atoms with van der Waals surface area (Å²) in [5.41, 5.74) is -0.359. The maximum absolute atomic E-state index is 12.5. The summed E-state index contributed by atoms with van der Waals surface area (Å²) in [4.78, 5) is 25.9. The number of carbonyl (C=O) groups excluding carboxylic acids is 1. The van der Waals surface area contributed by atoms with Gasteiger partial charge in [0.15, 0.2) is 0 Å². The van der Waals surface area contributed by atoms with Crippen molar-refractivity contribution in [3.05, 3.63) is 24.3 Å². The summed E-state index contributed by atoms with van der Waals surface area (Å²) in [6.07, 6.45) is 2.31. The second-order valence-corrected chi connectivity index (χ2v) is 9.38. The predicted octanol–water partition coefficient (Wildman–Crippen LogP) is 2.09. The van der Waals surface area contributed by atoms with Gasteiger partial charge in [0.05, 0.1) is 10.3 Å². The summed E-state index contributed by atoms with van der Waals surface area (Å²) in [6.45, 7) is 4.12. The number of aliphatic carboxylic acids is 1. The lowest BCUT2D eigenvalue weighted by Gasteiger charge is -2.23. The zero-order valence-corrected chi connectivity index (χ0v) is 16.3. The van der Waals surface area contributed by atoms with Crippen molar-refractivity contribution in [1.82, 2.24) is 9.62 Å². The Hall–Kier alpha value is -2.13. The lowest BCUT2D eigenvalue weighted by molar-refractivity contribution is -0.149. The van der Waals surface area contributed by atoms with Gasteiger partial charge in [0.25, 0.3) is 0 Å². The number of nitrogens with zero attached hydrogens (tertiary/aromatic N) is 1. The molecule has 8 nitrogen and oxygen atoms in total. The molecule has 27 heavy (non-hydrogen) atoms. The topological polar surface area (TPSA) is 116 Å². The Morgan fingerprint density at radius 3 is 2.48 bits per heavy atom. The number of carboxylic acid groups (broad SMARTS) is 1. The normalized spacial score (nSPS) is 24.9. The maximum atomic E-state index is 12.5. The quantitative estimate of drug-likeness (QED) is 0.706. The van der Waals surface area contributed by atoms with Crippen LogP contribution in [0.2, 0.25) is 0 Å². The molecule has 3 N–H and O–H groups in total. The van der Waals surface area contributed by atoms with Crippen molar-refractivity contribution in [2.75, 3.05) is 18.4 Å². The molecule has 1 aromatic rings. The van der Waals surface area contributed by atoms with Crippen molar-refractivity contribution in [2.45, 2.75) is 44.0 Å². The standard InChI is InChI=1S/C18H25N3O5S/c1-12(2)20-27(25,26)15-7-5-14(6-8-15)19-17(24)21-10-13-4-3-9-18(13,11-21)16(22)23/h5-8,12-13,20H,3-4,9-11H2,1-2H3,(H,19,24)(H,22,23)/t13-,18+/m0/s1. The fourth-order valence-electron chi connectivity index (χ4n) is 4.09. The Kier molecular flexibility index (Phi) is 5.18. The van der Waals surface area contributed by atoms with Gasteiger partial charge < -0.3 is 15.3 Å². The number of carboxylic acids is 1. The van der Waals surface area contributed by atoms with Gasteiger partial charge in [-0.25, -0.2) is 17.9 Å². The zero-order chi connectivity index (χ0) is 19.8. The van der Waals surface area contributed by atoms with E-state index >= 15 is 0 Å². The van der Waals surface area contributed by atoms with E-state index in [1.54, 1.807) is 18.7 Å². The Morgan fingerprint density at radius 1 is 1.26 bits per heavy atom. The first kappa shape index (κ1) is 19.6. The molecule has 148 valence electrons. The van der Waals surface area contributed by atoms with Crippen molar-refractivity contribution in [1.29, 1.82) is 0 Å². The van der Waals surface area contributed by atoms with Crippen LogP contribution in [0.1, 0.15) is 33.1 Å². The molecule has 0 radical (unpaired) electrons. The number of amides is 2. The molecule has 0 unspecified atom stereocenters. The molecule has 1 aliphatic carbocycles. The molecule has 2 atom stereocenters. The third-order valence-corrected chi connectivity index (χ3v) is 7.07. The van der Waals surface area contributed by atoms with Gasteiger partial charge in [-0.1, -0.05) is 6.42 Å². The molecule has 1 saturated carbocycles. The van der Waals surface area contributed by atoms with E-state index in [0.717, 1.165) is 12.8 Å². The van der Waals surface area contributed by atoms with Crippen molar-refractivity contribution in [2.24, 2.45) is 11.3 Å². The summed E-state index contributed by atoms with van der Waals surface area (Å²) >= 11 is 0. The summed E-state index contributed by atoms with van der Waals surface area (Å²) in [5, 5.41) is 12.3. The largest absolute Gasteiger partial charge is 0.481 e. The molecule has 2 amide bonds. The van der Waals surface area contributed by atoms with E-state index in [2.05, 4.69) is 10.0 Å². The molecule has 1 saturated heterocycles. The van der Waals surface area contributed by atoms with Gasteiger partial charge in [-0.2, -0.15) is 0 Å². The highest BCUT2D eigenvalue weighted by atomic mass is 32.2. The average molecular weight is 395 g/mol. The lowest BCUT2D eigenvalue weighted by atomic mass is 9.81. The van der Waals surface area contributed by atoms with E-state index in [1.165, 1.54) is 24.3 Å². The predicted molar refractivity (Wildman–Crippen MR) is 99.9 cm³/mol. The number of hydrogen-bond acceptors (Lipinski definition) is 4. The Morgan fingerprint density at radius 2 is 1.93 bits per heavy atom. The number of benzene rings is 1. The minimum Gasteiger partial charge on any atom is -0.481 e. The van der Waals surface area contributed by atoms with Crippen molar-refractivity contribution >= 4 is 27.7 Å². The summed E-state index contributed by atoms with van der Waals surface area (Å²) in [7, 11) is -3.59. The number of anilines is 1. The number of fused-ring (bicyclic) bond motifs is 1. The molecule has 1 heterocycles. The fraction of sp³-hybridized carbons (Fsp3) is 0.556. The van der Waals surface area contributed by atoms with Crippen molar-refractivity contribution in [3.8, 4) is 0 Å². The molecule has 1 aliphatic heterocycles. The van der Waals surface area contributed by atoms with E-state index in [0.29, 0.717) is 18.7 Å². The molecular formula is C18H25N3O5S. The third-order valence-electron chi connectivity index (χ3n) is 5.39. The smallest absolute Gasteiger partial charge is 0.321 e. The summed E-state index contributed by atoms with van der Waals surface area (Å²) in [5.74, 6) is -0.831. The van der Waals surface area contributed by atoms with Crippen LogP contribution in [-0.4, -0.2) is 49.6 Å². The van der Waals surface area contributed by atoms with Crippen LogP contribution in [0.5, 0.6) is 0 Å². The molecule has 0 aromatic heterocycles. The van der Waals surface area contributed by atoms with Crippen LogP contribution in [-0.2, 0) is 14.8 Å². The number of nitrogens with one attached hydrogen (secondary N) is 2. The molecule has 0 bridgehead atoms. The van der Waals surface area contributed by atoms with Gasteiger partial charge in [0.1, 0.15) is 0 Å².